The number of hydrogen-bond donors (Lipinski definition) is 1. The minimum absolute atomic E-state index is 0.0424. The topological polar surface area (TPSA) is 62.6 Å². The minimum Gasteiger partial charge on any atom is -0.468 e. The summed E-state index contributed by atoms with van der Waals surface area (Å²) in [6.45, 7) is 9.25. The van der Waals surface area contributed by atoms with Crippen LogP contribution in [-0.4, -0.2) is 43.5 Å². The molecule has 1 aromatic rings. The van der Waals surface area contributed by atoms with Crippen LogP contribution in [0.2, 0.25) is 0 Å². The zero-order valence-corrected chi connectivity index (χ0v) is 14.0. The number of sulfone groups is 1. The van der Waals surface area contributed by atoms with Gasteiger partial charge in [0.2, 0.25) is 0 Å². The van der Waals surface area contributed by atoms with Crippen molar-refractivity contribution in [2.45, 2.75) is 45.8 Å². The first-order valence-electron chi connectivity index (χ1n) is 7.48. The van der Waals surface area contributed by atoms with Crippen LogP contribution in [0.3, 0.4) is 0 Å². The van der Waals surface area contributed by atoms with Crippen LogP contribution in [0.5, 0.6) is 0 Å². The molecule has 0 atom stereocenters. The lowest BCUT2D eigenvalue weighted by molar-refractivity contribution is 0.283. The molecule has 1 aliphatic heterocycles. The smallest absolute Gasteiger partial charge is 0.151 e. The molecule has 1 fully saturated rings. The van der Waals surface area contributed by atoms with Crippen LogP contribution in [0.4, 0.5) is 0 Å². The molecule has 6 heteroatoms. The average Bonchev–Trinajstić information content (AvgIpc) is 2.72. The standard InChI is InChI=1S/C15H26N2O3S/c1-15(2,3)16-11-14-13(5-8-20-14)12-17-6-4-9-21(18,19)10-7-17/h5,8,16H,4,6-7,9-12H2,1-3H3. The Bertz CT molecular complexity index is 558. The van der Waals surface area contributed by atoms with Crippen molar-refractivity contribution in [3.05, 3.63) is 23.7 Å². The van der Waals surface area contributed by atoms with E-state index in [1.165, 1.54) is 0 Å². The molecule has 1 N–H and O–H groups in total. The fourth-order valence-corrected chi connectivity index (χ4v) is 3.71. The molecule has 5 nitrogen and oxygen atoms in total. The number of nitrogens with one attached hydrogen (secondary N) is 1. The molecule has 1 saturated heterocycles. The number of furan rings is 1. The zero-order chi connectivity index (χ0) is 15.5. The number of hydrogen-bond acceptors (Lipinski definition) is 5. The molecular weight excluding hydrogens is 288 g/mol. The van der Waals surface area contributed by atoms with Gasteiger partial charge >= 0.3 is 0 Å². The van der Waals surface area contributed by atoms with Crippen molar-refractivity contribution in [2.75, 3.05) is 24.6 Å². The van der Waals surface area contributed by atoms with Crippen molar-refractivity contribution in [1.82, 2.24) is 10.2 Å². The molecule has 0 unspecified atom stereocenters. The van der Waals surface area contributed by atoms with Gasteiger partial charge < -0.3 is 9.73 Å². The van der Waals surface area contributed by atoms with Crippen molar-refractivity contribution in [2.24, 2.45) is 0 Å². The highest BCUT2D eigenvalue weighted by atomic mass is 32.2. The van der Waals surface area contributed by atoms with E-state index in [2.05, 4.69) is 31.0 Å². The van der Waals surface area contributed by atoms with Crippen LogP contribution in [0, 0.1) is 0 Å². The molecule has 21 heavy (non-hydrogen) atoms. The Morgan fingerprint density at radius 1 is 1.29 bits per heavy atom. The predicted octanol–water partition coefficient (Wildman–Crippen LogP) is 1.79. The molecule has 0 bridgehead atoms. The van der Waals surface area contributed by atoms with Gasteiger partial charge in [0.05, 0.1) is 24.3 Å². The Labute approximate surface area is 127 Å². The molecule has 0 saturated carbocycles. The van der Waals surface area contributed by atoms with Gasteiger partial charge in [-0.25, -0.2) is 8.42 Å². The van der Waals surface area contributed by atoms with E-state index in [9.17, 15) is 8.42 Å². The van der Waals surface area contributed by atoms with E-state index in [0.717, 1.165) is 30.8 Å². The maximum atomic E-state index is 11.6. The van der Waals surface area contributed by atoms with Crippen LogP contribution in [0.15, 0.2) is 16.7 Å². The lowest BCUT2D eigenvalue weighted by atomic mass is 10.1. The van der Waals surface area contributed by atoms with Gasteiger partial charge in [-0.2, -0.15) is 0 Å². The highest BCUT2D eigenvalue weighted by molar-refractivity contribution is 7.91. The summed E-state index contributed by atoms with van der Waals surface area (Å²) in [6, 6.07) is 1.99. The molecule has 0 amide bonds. The van der Waals surface area contributed by atoms with Gasteiger partial charge in [0.15, 0.2) is 9.84 Å². The highest BCUT2D eigenvalue weighted by Gasteiger charge is 2.20. The van der Waals surface area contributed by atoms with Gasteiger partial charge in [-0.3, -0.25) is 4.90 Å². The molecule has 1 aromatic heterocycles. The summed E-state index contributed by atoms with van der Waals surface area (Å²) in [5, 5.41) is 3.42. The summed E-state index contributed by atoms with van der Waals surface area (Å²) >= 11 is 0. The predicted molar refractivity (Wildman–Crippen MR) is 83.8 cm³/mol. The number of nitrogens with zero attached hydrogens (tertiary/aromatic N) is 1. The van der Waals surface area contributed by atoms with E-state index >= 15 is 0 Å². The van der Waals surface area contributed by atoms with Crippen LogP contribution in [0.1, 0.15) is 38.5 Å². The molecule has 2 rings (SSSR count). The molecule has 1 aliphatic rings. The second-order valence-corrected chi connectivity index (χ2v) is 9.06. The van der Waals surface area contributed by atoms with Gasteiger partial charge in [0.1, 0.15) is 5.76 Å². The summed E-state index contributed by atoms with van der Waals surface area (Å²) in [6.07, 6.45) is 2.43. The van der Waals surface area contributed by atoms with Crippen LogP contribution < -0.4 is 5.32 Å². The highest BCUT2D eigenvalue weighted by Crippen LogP contribution is 2.16. The molecule has 0 aliphatic carbocycles. The molecule has 0 radical (unpaired) electrons. The summed E-state index contributed by atoms with van der Waals surface area (Å²) in [7, 11) is -2.85. The van der Waals surface area contributed by atoms with Gasteiger partial charge in [0.25, 0.3) is 0 Å². The average molecular weight is 314 g/mol. The summed E-state index contributed by atoms with van der Waals surface area (Å²) in [4.78, 5) is 2.20. The summed E-state index contributed by atoms with van der Waals surface area (Å²) < 4.78 is 28.9. The van der Waals surface area contributed by atoms with Crippen LogP contribution in [-0.2, 0) is 22.9 Å². The molecule has 120 valence electrons. The SMILES string of the molecule is CC(C)(C)NCc1occc1CN1CCCS(=O)(=O)CC1. The second kappa shape index (κ2) is 6.50. The van der Waals surface area contributed by atoms with Gasteiger partial charge in [-0.05, 0) is 39.8 Å². The monoisotopic (exact) mass is 314 g/mol. The first kappa shape index (κ1) is 16.5. The lowest BCUT2D eigenvalue weighted by Gasteiger charge is -2.21. The quantitative estimate of drug-likeness (QED) is 0.918. The van der Waals surface area contributed by atoms with Gasteiger partial charge in [-0.15, -0.1) is 0 Å². The lowest BCUT2D eigenvalue weighted by Crippen LogP contribution is -2.35. The Morgan fingerprint density at radius 3 is 2.76 bits per heavy atom. The van der Waals surface area contributed by atoms with E-state index < -0.39 is 9.84 Å². The van der Waals surface area contributed by atoms with E-state index in [-0.39, 0.29) is 11.3 Å². The third-order valence-electron chi connectivity index (χ3n) is 3.66. The van der Waals surface area contributed by atoms with Crippen LogP contribution in [0.25, 0.3) is 0 Å². The molecular formula is C15H26N2O3S. The van der Waals surface area contributed by atoms with Crippen molar-refractivity contribution in [1.29, 1.82) is 0 Å². The fourth-order valence-electron chi connectivity index (χ4n) is 2.40. The fraction of sp³-hybridized carbons (Fsp3) is 0.733. The summed E-state index contributed by atoms with van der Waals surface area (Å²) in [5.74, 6) is 1.52. The van der Waals surface area contributed by atoms with Crippen molar-refractivity contribution in [3.8, 4) is 0 Å². The first-order chi connectivity index (χ1) is 9.75. The van der Waals surface area contributed by atoms with E-state index in [1.807, 2.05) is 6.07 Å². The summed E-state index contributed by atoms with van der Waals surface area (Å²) in [5.41, 5.74) is 1.19. The minimum atomic E-state index is -2.85. The van der Waals surface area contributed by atoms with Crippen molar-refractivity contribution >= 4 is 9.84 Å². The molecule has 2 heterocycles. The van der Waals surface area contributed by atoms with E-state index in [1.54, 1.807) is 6.26 Å². The van der Waals surface area contributed by atoms with Crippen molar-refractivity contribution < 1.29 is 12.8 Å². The van der Waals surface area contributed by atoms with E-state index in [4.69, 9.17) is 4.42 Å². The normalized spacial score (nSPS) is 20.3. The zero-order valence-electron chi connectivity index (χ0n) is 13.2. The largest absolute Gasteiger partial charge is 0.468 e. The van der Waals surface area contributed by atoms with Crippen molar-refractivity contribution in [3.63, 3.8) is 0 Å². The molecule has 0 aromatic carbocycles. The van der Waals surface area contributed by atoms with E-state index in [0.29, 0.717) is 18.8 Å². The maximum Gasteiger partial charge on any atom is 0.151 e. The van der Waals surface area contributed by atoms with Gasteiger partial charge in [-0.1, -0.05) is 0 Å². The second-order valence-electron chi connectivity index (χ2n) is 6.75. The Kier molecular flexibility index (Phi) is 5.11. The third kappa shape index (κ3) is 5.45. The Morgan fingerprint density at radius 2 is 2.05 bits per heavy atom. The Balaban J connectivity index is 1.95. The van der Waals surface area contributed by atoms with Crippen LogP contribution >= 0.6 is 0 Å². The first-order valence-corrected chi connectivity index (χ1v) is 9.30. The molecule has 0 spiro atoms. The Hall–Kier alpha value is -0.850. The maximum absolute atomic E-state index is 11.6. The van der Waals surface area contributed by atoms with Gasteiger partial charge in [0, 0.05) is 24.2 Å². The third-order valence-corrected chi connectivity index (χ3v) is 5.37. The number of rotatable bonds is 4.